The second kappa shape index (κ2) is 14.1. The summed E-state index contributed by atoms with van der Waals surface area (Å²) in [5, 5.41) is 23.8. The van der Waals surface area contributed by atoms with Crippen molar-refractivity contribution in [3.8, 4) is 0 Å². The number of hydrogen-bond donors (Lipinski definition) is 4. The van der Waals surface area contributed by atoms with Crippen molar-refractivity contribution in [3.63, 3.8) is 0 Å². The fraction of sp³-hybridized carbons (Fsp3) is 0.385. The van der Waals surface area contributed by atoms with Gasteiger partial charge in [0.25, 0.3) is 11.8 Å². The summed E-state index contributed by atoms with van der Waals surface area (Å²) in [5.74, 6) is -5.18. The van der Waals surface area contributed by atoms with E-state index >= 15 is 0 Å². The number of rotatable bonds is 13. The van der Waals surface area contributed by atoms with Crippen LogP contribution in [0.15, 0.2) is 46.2 Å². The predicted octanol–water partition coefficient (Wildman–Crippen LogP) is 5.22. The average molecular weight is 569 g/mol. The van der Waals surface area contributed by atoms with Crippen LogP contribution in [0.25, 0.3) is 0 Å². The van der Waals surface area contributed by atoms with Gasteiger partial charge in [0.1, 0.15) is 23.7 Å². The fourth-order valence-electron chi connectivity index (χ4n) is 3.45. The van der Waals surface area contributed by atoms with Crippen LogP contribution in [0.1, 0.15) is 61.3 Å². The van der Waals surface area contributed by atoms with Crippen LogP contribution in [0, 0.1) is 23.5 Å². The summed E-state index contributed by atoms with van der Waals surface area (Å²) in [4.78, 5) is 49.2. The molecule has 0 fully saturated rings. The van der Waals surface area contributed by atoms with E-state index in [4.69, 9.17) is 0 Å². The minimum atomic E-state index is -1.20. The van der Waals surface area contributed by atoms with Gasteiger partial charge in [-0.25, -0.2) is 18.4 Å². The molecule has 0 spiro atoms. The van der Waals surface area contributed by atoms with Gasteiger partial charge in [-0.1, -0.05) is 49.3 Å². The first-order valence-corrected chi connectivity index (χ1v) is 13.9. The third-order valence-electron chi connectivity index (χ3n) is 5.22. The molecule has 2 atom stereocenters. The monoisotopic (exact) mass is 568 g/mol. The van der Waals surface area contributed by atoms with Gasteiger partial charge in [-0.15, -0.1) is 0 Å². The van der Waals surface area contributed by atoms with Crippen LogP contribution in [0.4, 0.5) is 8.78 Å². The topological polar surface area (TPSA) is 133 Å². The molecule has 0 aromatic heterocycles. The maximum Gasteiger partial charge on any atom is 0.326 e. The maximum absolute atomic E-state index is 14.1. The van der Waals surface area contributed by atoms with Gasteiger partial charge in [-0.05, 0) is 61.1 Å². The largest absolute Gasteiger partial charge is 0.480 e. The van der Waals surface area contributed by atoms with Crippen LogP contribution in [-0.4, -0.2) is 46.0 Å². The van der Waals surface area contributed by atoms with Gasteiger partial charge in [0.2, 0.25) is 0 Å². The minimum Gasteiger partial charge on any atom is -0.480 e. The number of carboxylic acids is 2. The first-order valence-electron chi connectivity index (χ1n) is 11.8. The Bertz CT molecular complexity index is 1100. The summed E-state index contributed by atoms with van der Waals surface area (Å²) >= 11 is 0. The van der Waals surface area contributed by atoms with E-state index in [-0.39, 0.29) is 45.6 Å². The van der Waals surface area contributed by atoms with Gasteiger partial charge in [0.15, 0.2) is 0 Å². The van der Waals surface area contributed by atoms with Gasteiger partial charge in [-0.2, -0.15) is 0 Å². The molecule has 0 aliphatic rings. The molecule has 8 nitrogen and oxygen atoms in total. The molecule has 12 heteroatoms. The number of carbonyl (C=O) groups is 4. The second-order valence-corrected chi connectivity index (χ2v) is 11.6. The Labute approximate surface area is 227 Å². The van der Waals surface area contributed by atoms with E-state index in [0.717, 1.165) is 45.9 Å². The van der Waals surface area contributed by atoms with Crippen LogP contribution < -0.4 is 10.6 Å². The van der Waals surface area contributed by atoms with Crippen LogP contribution >= 0.6 is 21.6 Å². The van der Waals surface area contributed by atoms with Crippen molar-refractivity contribution in [2.45, 2.75) is 62.4 Å². The Balaban J connectivity index is 2.30. The molecule has 206 valence electrons. The molecule has 4 N–H and O–H groups in total. The molecule has 0 heterocycles. The van der Waals surface area contributed by atoms with E-state index in [1.165, 1.54) is 12.1 Å². The van der Waals surface area contributed by atoms with Crippen molar-refractivity contribution >= 4 is 45.3 Å². The number of aliphatic carboxylic acids is 2. The zero-order valence-corrected chi connectivity index (χ0v) is 22.9. The lowest BCUT2D eigenvalue weighted by atomic mass is 10.0. The lowest BCUT2D eigenvalue weighted by Crippen LogP contribution is -2.41. The molecule has 0 radical (unpaired) electrons. The van der Waals surface area contributed by atoms with E-state index in [0.29, 0.717) is 0 Å². The highest BCUT2D eigenvalue weighted by atomic mass is 33.1. The molecule has 0 aliphatic heterocycles. The quantitative estimate of drug-likeness (QED) is 0.242. The maximum atomic E-state index is 14.1. The molecule has 0 saturated carbocycles. The Morgan fingerprint density at radius 2 is 1.05 bits per heavy atom. The third-order valence-corrected chi connectivity index (χ3v) is 7.66. The van der Waals surface area contributed by atoms with Crippen molar-refractivity contribution in [2.75, 3.05) is 0 Å². The third kappa shape index (κ3) is 9.32. The summed E-state index contributed by atoms with van der Waals surface area (Å²) in [6.07, 6.45) is 0.380. The normalized spacial score (nSPS) is 12.7. The number of nitrogens with one attached hydrogen (secondary N) is 2. The summed E-state index contributed by atoms with van der Waals surface area (Å²) in [6.45, 7) is 7.25. The van der Waals surface area contributed by atoms with Crippen LogP contribution in [0.3, 0.4) is 0 Å². The molecule has 0 bridgehead atoms. The molecular weight excluding hydrogens is 538 g/mol. The number of amides is 2. The lowest BCUT2D eigenvalue weighted by Gasteiger charge is -2.18. The van der Waals surface area contributed by atoms with Gasteiger partial charge in [-0.3, -0.25) is 9.59 Å². The Hall–Kier alpha value is -3.12. The molecule has 2 unspecified atom stereocenters. The highest BCUT2D eigenvalue weighted by Crippen LogP contribution is 2.41. The van der Waals surface area contributed by atoms with E-state index in [1.807, 2.05) is 27.7 Å². The summed E-state index contributed by atoms with van der Waals surface area (Å²) in [6, 6.07) is 4.40. The van der Waals surface area contributed by atoms with Crippen LogP contribution in [-0.2, 0) is 9.59 Å². The minimum absolute atomic E-state index is 0.00388. The Morgan fingerprint density at radius 3 is 1.34 bits per heavy atom. The predicted molar refractivity (Wildman–Crippen MR) is 141 cm³/mol. The molecule has 2 rings (SSSR count). The van der Waals surface area contributed by atoms with Gasteiger partial charge in [0, 0.05) is 9.79 Å². The zero-order valence-electron chi connectivity index (χ0n) is 21.3. The number of benzene rings is 2. The number of hydrogen-bond acceptors (Lipinski definition) is 6. The molecule has 0 aliphatic carbocycles. The SMILES string of the molecule is CC(C)CC(NC(=O)c1ccc(F)cc1SSc1cc(F)ccc1C(=O)NC(CC(C)C)C(=O)O)C(=O)O. The summed E-state index contributed by atoms with van der Waals surface area (Å²) in [7, 11) is 1.75. The highest BCUT2D eigenvalue weighted by Gasteiger charge is 2.25. The fourth-order valence-corrected chi connectivity index (χ4v) is 5.82. The molecule has 0 saturated heterocycles. The van der Waals surface area contributed by atoms with E-state index in [1.54, 1.807) is 0 Å². The molecule has 2 aromatic carbocycles. The lowest BCUT2D eigenvalue weighted by molar-refractivity contribution is -0.140. The number of halogens is 2. The molecule has 2 amide bonds. The second-order valence-electron chi connectivity index (χ2n) is 9.44. The van der Waals surface area contributed by atoms with Gasteiger partial charge in [0.05, 0.1) is 11.1 Å². The van der Waals surface area contributed by atoms with Crippen molar-refractivity contribution in [2.24, 2.45) is 11.8 Å². The van der Waals surface area contributed by atoms with E-state index in [9.17, 15) is 38.2 Å². The molecule has 2 aromatic rings. The average Bonchev–Trinajstić information content (AvgIpc) is 2.81. The first kappa shape index (κ1) is 31.1. The Kier molecular flexibility index (Phi) is 11.6. The number of carboxylic acid groups (broad SMARTS) is 2. The molecule has 38 heavy (non-hydrogen) atoms. The van der Waals surface area contributed by atoms with Gasteiger partial charge >= 0.3 is 11.9 Å². The standard InChI is InChI=1S/C26H30F2N2O6S2/c1-13(2)9-19(25(33)34)29-23(31)17-7-5-15(27)11-21(17)37-38-22-12-16(28)6-8-18(22)24(32)30-20(26(35)36)10-14(3)4/h5-8,11-14,19-20H,9-10H2,1-4H3,(H,29,31)(H,30,32)(H,33,34)(H,35,36). The van der Waals surface area contributed by atoms with Crippen molar-refractivity contribution in [1.82, 2.24) is 10.6 Å². The summed E-state index contributed by atoms with van der Waals surface area (Å²) in [5.41, 5.74) is 0.00775. The first-order chi connectivity index (χ1) is 17.8. The smallest absolute Gasteiger partial charge is 0.326 e. The number of carbonyl (C=O) groups excluding carboxylic acids is 2. The van der Waals surface area contributed by atoms with Gasteiger partial charge < -0.3 is 20.8 Å². The van der Waals surface area contributed by atoms with Crippen molar-refractivity contribution in [3.05, 3.63) is 59.2 Å². The molecular formula is C26H30F2N2O6S2. The van der Waals surface area contributed by atoms with E-state index < -0.39 is 47.5 Å². The van der Waals surface area contributed by atoms with Crippen molar-refractivity contribution in [1.29, 1.82) is 0 Å². The highest BCUT2D eigenvalue weighted by molar-refractivity contribution is 8.76. The van der Waals surface area contributed by atoms with Crippen molar-refractivity contribution < 1.29 is 38.2 Å². The zero-order chi connectivity index (χ0) is 28.6. The summed E-state index contributed by atoms with van der Waals surface area (Å²) < 4.78 is 28.1. The van der Waals surface area contributed by atoms with Crippen LogP contribution in [0.2, 0.25) is 0 Å². The Morgan fingerprint density at radius 1 is 0.711 bits per heavy atom. The van der Waals surface area contributed by atoms with E-state index in [2.05, 4.69) is 10.6 Å². The van der Waals surface area contributed by atoms with Crippen LogP contribution in [0.5, 0.6) is 0 Å².